The number of nitrogens with zero attached hydrogens (tertiary/aromatic N) is 3. The molecule has 1 aromatic heterocycles. The third-order valence-corrected chi connectivity index (χ3v) is 4.60. The number of aryl methyl sites for hydroxylation is 1. The van der Waals surface area contributed by atoms with Gasteiger partial charge in [-0.3, -0.25) is 4.79 Å². The van der Waals surface area contributed by atoms with Crippen LogP contribution >= 0.6 is 0 Å². The van der Waals surface area contributed by atoms with E-state index in [0.717, 1.165) is 6.42 Å². The summed E-state index contributed by atoms with van der Waals surface area (Å²) < 4.78 is 14.6. The summed E-state index contributed by atoms with van der Waals surface area (Å²) in [6.45, 7) is 4.15. The van der Waals surface area contributed by atoms with Gasteiger partial charge in [-0.05, 0) is 49.9 Å². The van der Waals surface area contributed by atoms with Crippen LogP contribution in [0.1, 0.15) is 35.8 Å². The second-order valence-electron chi connectivity index (χ2n) is 6.56. The van der Waals surface area contributed by atoms with Crippen LogP contribution in [0.3, 0.4) is 0 Å². The summed E-state index contributed by atoms with van der Waals surface area (Å²) in [5.41, 5.74) is 1.51. The van der Waals surface area contributed by atoms with Crippen molar-refractivity contribution in [3.05, 3.63) is 47.5 Å². The van der Waals surface area contributed by atoms with Crippen molar-refractivity contribution < 1.29 is 19.1 Å². The largest absolute Gasteiger partial charge is 0.480 e. The average molecular weight is 345 g/mol. The first kappa shape index (κ1) is 17.1. The second kappa shape index (κ2) is 6.66. The van der Waals surface area contributed by atoms with Crippen LogP contribution in [-0.2, 0) is 4.79 Å². The van der Waals surface area contributed by atoms with Gasteiger partial charge in [-0.15, -0.1) is 0 Å². The summed E-state index contributed by atoms with van der Waals surface area (Å²) >= 11 is 0. The molecule has 7 heteroatoms. The Bertz CT molecular complexity index is 800. The Labute approximate surface area is 144 Å². The molecule has 0 bridgehead atoms. The summed E-state index contributed by atoms with van der Waals surface area (Å²) in [6.07, 6.45) is 2.90. The molecular formula is C18H20FN3O3. The number of carboxylic acid groups (broad SMARTS) is 1. The maximum atomic E-state index is 13.1. The van der Waals surface area contributed by atoms with Crippen molar-refractivity contribution in [2.75, 3.05) is 6.54 Å². The number of aliphatic carboxylic acids is 1. The maximum absolute atomic E-state index is 13.1. The highest BCUT2D eigenvalue weighted by atomic mass is 19.1. The monoisotopic (exact) mass is 345 g/mol. The van der Waals surface area contributed by atoms with Crippen molar-refractivity contribution >= 4 is 11.9 Å². The van der Waals surface area contributed by atoms with Crippen LogP contribution in [0.25, 0.3) is 5.69 Å². The lowest BCUT2D eigenvalue weighted by Crippen LogP contribution is -2.50. The van der Waals surface area contributed by atoms with E-state index < -0.39 is 12.0 Å². The lowest BCUT2D eigenvalue weighted by atomic mass is 9.92. The zero-order valence-corrected chi connectivity index (χ0v) is 14.1. The van der Waals surface area contributed by atoms with Gasteiger partial charge in [0.25, 0.3) is 5.91 Å². The number of aromatic nitrogens is 2. The van der Waals surface area contributed by atoms with Gasteiger partial charge in [0.15, 0.2) is 5.69 Å². The Balaban J connectivity index is 1.89. The highest BCUT2D eigenvalue weighted by molar-refractivity contribution is 5.96. The van der Waals surface area contributed by atoms with Crippen LogP contribution in [0, 0.1) is 18.7 Å². The fraction of sp³-hybridized carbons (Fsp3) is 0.389. The number of amides is 1. The van der Waals surface area contributed by atoms with E-state index in [1.807, 2.05) is 6.92 Å². The van der Waals surface area contributed by atoms with Crippen LogP contribution in [-0.4, -0.2) is 44.3 Å². The van der Waals surface area contributed by atoms with E-state index >= 15 is 0 Å². The quantitative estimate of drug-likeness (QED) is 0.928. The molecule has 1 amide bonds. The van der Waals surface area contributed by atoms with Crippen molar-refractivity contribution in [3.8, 4) is 5.69 Å². The van der Waals surface area contributed by atoms with Gasteiger partial charge in [0.2, 0.25) is 0 Å². The van der Waals surface area contributed by atoms with E-state index in [1.54, 1.807) is 25.3 Å². The van der Waals surface area contributed by atoms with Gasteiger partial charge in [0.05, 0.1) is 5.69 Å². The molecule has 1 aromatic carbocycles. The van der Waals surface area contributed by atoms with Gasteiger partial charge >= 0.3 is 5.97 Å². The Kier molecular flexibility index (Phi) is 4.57. The van der Waals surface area contributed by atoms with Crippen molar-refractivity contribution in [3.63, 3.8) is 0 Å². The van der Waals surface area contributed by atoms with Gasteiger partial charge in [-0.2, -0.15) is 5.10 Å². The minimum absolute atomic E-state index is 0.227. The van der Waals surface area contributed by atoms with E-state index in [1.165, 1.54) is 21.7 Å². The Morgan fingerprint density at radius 1 is 1.28 bits per heavy atom. The number of hydrogen-bond donors (Lipinski definition) is 1. The summed E-state index contributed by atoms with van der Waals surface area (Å²) in [5, 5.41) is 13.8. The third-order valence-electron chi connectivity index (χ3n) is 4.60. The van der Waals surface area contributed by atoms with Crippen molar-refractivity contribution in [1.82, 2.24) is 14.7 Å². The van der Waals surface area contributed by atoms with Crippen LogP contribution in [0.5, 0.6) is 0 Å². The first-order valence-electron chi connectivity index (χ1n) is 8.23. The number of benzene rings is 1. The molecule has 2 unspecified atom stereocenters. The van der Waals surface area contributed by atoms with Gasteiger partial charge in [-0.25, -0.2) is 13.9 Å². The first-order chi connectivity index (χ1) is 11.9. The Morgan fingerprint density at radius 2 is 1.96 bits per heavy atom. The molecule has 1 aliphatic rings. The molecule has 0 aliphatic carbocycles. The minimum atomic E-state index is -0.990. The molecule has 0 spiro atoms. The predicted molar refractivity (Wildman–Crippen MR) is 89.1 cm³/mol. The van der Waals surface area contributed by atoms with Crippen LogP contribution in [0.15, 0.2) is 30.5 Å². The van der Waals surface area contributed by atoms with E-state index in [9.17, 15) is 19.1 Å². The summed E-state index contributed by atoms with van der Waals surface area (Å²) in [6, 6.07) is 4.95. The van der Waals surface area contributed by atoms with E-state index in [4.69, 9.17) is 0 Å². The first-order valence-corrected chi connectivity index (χ1v) is 8.23. The van der Waals surface area contributed by atoms with Gasteiger partial charge < -0.3 is 10.0 Å². The highest BCUT2D eigenvalue weighted by Gasteiger charge is 2.36. The fourth-order valence-corrected chi connectivity index (χ4v) is 3.15. The van der Waals surface area contributed by atoms with E-state index in [0.29, 0.717) is 24.2 Å². The molecular weight excluding hydrogens is 325 g/mol. The molecule has 0 radical (unpaired) electrons. The SMILES string of the molecule is Cc1cn(-c2ccc(F)cc2)nc1C(=O)N1CCC(C)CC1C(=O)O. The molecule has 0 saturated carbocycles. The van der Waals surface area contributed by atoms with Gasteiger partial charge in [0.1, 0.15) is 11.9 Å². The van der Waals surface area contributed by atoms with Crippen LogP contribution in [0.4, 0.5) is 4.39 Å². The third kappa shape index (κ3) is 3.40. The topological polar surface area (TPSA) is 75.4 Å². The average Bonchev–Trinajstić information content (AvgIpc) is 2.96. The summed E-state index contributed by atoms with van der Waals surface area (Å²) in [7, 11) is 0. The molecule has 1 aliphatic heterocycles. The molecule has 6 nitrogen and oxygen atoms in total. The fourth-order valence-electron chi connectivity index (χ4n) is 3.15. The lowest BCUT2D eigenvalue weighted by molar-refractivity contribution is -0.144. The molecule has 2 heterocycles. The smallest absolute Gasteiger partial charge is 0.326 e. The number of likely N-dealkylation sites (tertiary alicyclic amines) is 1. The zero-order valence-electron chi connectivity index (χ0n) is 14.1. The molecule has 25 heavy (non-hydrogen) atoms. The number of rotatable bonds is 3. The number of carbonyl (C=O) groups excluding carboxylic acids is 1. The lowest BCUT2D eigenvalue weighted by Gasteiger charge is -2.35. The van der Waals surface area contributed by atoms with Crippen LogP contribution in [0.2, 0.25) is 0 Å². The number of carboxylic acids is 1. The van der Waals surface area contributed by atoms with E-state index in [-0.39, 0.29) is 23.3 Å². The number of carbonyl (C=O) groups is 2. The zero-order chi connectivity index (χ0) is 18.1. The summed E-state index contributed by atoms with van der Waals surface area (Å²) in [4.78, 5) is 25.8. The molecule has 2 atom stereocenters. The standard InChI is InChI=1S/C18H20FN3O3/c1-11-7-8-21(15(9-11)18(24)25)17(23)16-12(2)10-22(20-16)14-5-3-13(19)4-6-14/h3-6,10-11,15H,7-9H2,1-2H3,(H,24,25). The normalized spacial score (nSPS) is 20.5. The second-order valence-corrected chi connectivity index (χ2v) is 6.56. The van der Waals surface area contributed by atoms with Gasteiger partial charge in [0, 0.05) is 18.3 Å². The number of piperidine rings is 1. The minimum Gasteiger partial charge on any atom is -0.480 e. The highest BCUT2D eigenvalue weighted by Crippen LogP contribution is 2.25. The number of hydrogen-bond acceptors (Lipinski definition) is 3. The molecule has 1 saturated heterocycles. The molecule has 2 aromatic rings. The van der Waals surface area contributed by atoms with Crippen LogP contribution < -0.4 is 0 Å². The van der Waals surface area contributed by atoms with Gasteiger partial charge in [-0.1, -0.05) is 6.92 Å². The van der Waals surface area contributed by atoms with Crippen molar-refractivity contribution in [2.45, 2.75) is 32.7 Å². The van der Waals surface area contributed by atoms with Crippen molar-refractivity contribution in [1.29, 1.82) is 0 Å². The molecule has 1 fully saturated rings. The van der Waals surface area contributed by atoms with Crippen molar-refractivity contribution in [2.24, 2.45) is 5.92 Å². The Morgan fingerprint density at radius 3 is 2.60 bits per heavy atom. The molecule has 132 valence electrons. The Hall–Kier alpha value is -2.70. The predicted octanol–water partition coefficient (Wildman–Crippen LogP) is 2.65. The number of halogens is 1. The summed E-state index contributed by atoms with van der Waals surface area (Å²) in [5.74, 6) is -1.45. The molecule has 3 rings (SSSR count). The molecule has 1 N–H and O–H groups in total. The maximum Gasteiger partial charge on any atom is 0.326 e. The van der Waals surface area contributed by atoms with E-state index in [2.05, 4.69) is 5.10 Å².